The standard InChI is InChI=1S/C13H17F3N2O3S/c1-12(2,3)5-4-7(10(20)21)17-9(19)8-6-22-11(18-8)13(14,15)16/h6-7H,4-5H2,1-3H3,(H,17,19)(H,20,21). The van der Waals surface area contributed by atoms with Gasteiger partial charge < -0.3 is 10.4 Å². The van der Waals surface area contributed by atoms with Crippen LogP contribution in [0.2, 0.25) is 0 Å². The predicted molar refractivity (Wildman–Crippen MR) is 74.7 cm³/mol. The van der Waals surface area contributed by atoms with Crippen molar-refractivity contribution < 1.29 is 27.9 Å². The number of rotatable bonds is 5. The van der Waals surface area contributed by atoms with Crippen molar-refractivity contribution in [2.45, 2.75) is 45.8 Å². The molecule has 1 rings (SSSR count). The molecule has 0 fully saturated rings. The average Bonchev–Trinajstić information content (AvgIpc) is 2.81. The third-order valence-corrected chi connectivity index (χ3v) is 3.65. The number of hydrogen-bond donors (Lipinski definition) is 2. The Morgan fingerprint density at radius 2 is 1.95 bits per heavy atom. The predicted octanol–water partition coefficient (Wildman–Crippen LogP) is 3.17. The van der Waals surface area contributed by atoms with Gasteiger partial charge in [0.2, 0.25) is 0 Å². The smallest absolute Gasteiger partial charge is 0.443 e. The Balaban J connectivity index is 2.75. The Morgan fingerprint density at radius 3 is 2.36 bits per heavy atom. The summed E-state index contributed by atoms with van der Waals surface area (Å²) < 4.78 is 37.3. The molecule has 1 amide bonds. The highest BCUT2D eigenvalue weighted by molar-refractivity contribution is 7.09. The average molecular weight is 338 g/mol. The Bertz CT molecular complexity index is 549. The largest absolute Gasteiger partial charge is 0.480 e. The van der Waals surface area contributed by atoms with Crippen molar-refractivity contribution in [1.82, 2.24) is 10.3 Å². The van der Waals surface area contributed by atoms with Crippen LogP contribution in [0.4, 0.5) is 13.2 Å². The molecule has 5 nitrogen and oxygen atoms in total. The fourth-order valence-corrected chi connectivity index (χ4v) is 2.24. The van der Waals surface area contributed by atoms with Crippen molar-refractivity contribution in [3.63, 3.8) is 0 Å². The van der Waals surface area contributed by atoms with Gasteiger partial charge in [-0.05, 0) is 18.3 Å². The third-order valence-electron chi connectivity index (χ3n) is 2.77. The molecule has 0 aromatic carbocycles. The summed E-state index contributed by atoms with van der Waals surface area (Å²) in [6.45, 7) is 5.76. The van der Waals surface area contributed by atoms with Gasteiger partial charge in [0.25, 0.3) is 5.91 Å². The van der Waals surface area contributed by atoms with E-state index in [9.17, 15) is 22.8 Å². The van der Waals surface area contributed by atoms with Crippen LogP contribution in [0.3, 0.4) is 0 Å². The molecule has 1 unspecified atom stereocenters. The minimum atomic E-state index is -4.62. The minimum absolute atomic E-state index is 0.123. The highest BCUT2D eigenvalue weighted by atomic mass is 32.1. The maximum absolute atomic E-state index is 12.4. The van der Waals surface area contributed by atoms with Gasteiger partial charge in [0.05, 0.1) is 0 Å². The van der Waals surface area contributed by atoms with E-state index < -0.39 is 34.8 Å². The van der Waals surface area contributed by atoms with Gasteiger partial charge in [-0.3, -0.25) is 4.79 Å². The van der Waals surface area contributed by atoms with Gasteiger partial charge in [-0.2, -0.15) is 13.2 Å². The van der Waals surface area contributed by atoms with Crippen molar-refractivity contribution in [3.8, 4) is 0 Å². The Morgan fingerprint density at radius 1 is 1.36 bits per heavy atom. The van der Waals surface area contributed by atoms with E-state index in [4.69, 9.17) is 5.11 Å². The Labute approximate surface area is 129 Å². The number of aliphatic carboxylic acids is 1. The Kier molecular flexibility index (Phi) is 5.55. The zero-order valence-electron chi connectivity index (χ0n) is 12.3. The number of halogens is 3. The summed E-state index contributed by atoms with van der Waals surface area (Å²) in [4.78, 5) is 26.2. The van der Waals surface area contributed by atoms with Crippen molar-refractivity contribution in [2.24, 2.45) is 5.41 Å². The molecule has 124 valence electrons. The first-order chi connectivity index (χ1) is 9.90. The van der Waals surface area contributed by atoms with Gasteiger partial charge in [-0.15, -0.1) is 11.3 Å². The molecule has 0 aliphatic rings. The molecule has 1 atom stereocenters. The van der Waals surface area contributed by atoms with Crippen molar-refractivity contribution in [2.75, 3.05) is 0 Å². The van der Waals surface area contributed by atoms with Crippen LogP contribution in [0.15, 0.2) is 5.38 Å². The first-order valence-corrected chi connectivity index (χ1v) is 7.34. The lowest BCUT2D eigenvalue weighted by Crippen LogP contribution is -2.41. The van der Waals surface area contributed by atoms with Gasteiger partial charge in [0.1, 0.15) is 11.7 Å². The van der Waals surface area contributed by atoms with Crippen LogP contribution in [-0.2, 0) is 11.0 Å². The van der Waals surface area contributed by atoms with E-state index in [2.05, 4.69) is 10.3 Å². The number of nitrogens with zero attached hydrogens (tertiary/aromatic N) is 1. The van der Waals surface area contributed by atoms with Crippen LogP contribution < -0.4 is 5.32 Å². The van der Waals surface area contributed by atoms with Gasteiger partial charge in [0.15, 0.2) is 5.01 Å². The lowest BCUT2D eigenvalue weighted by molar-refractivity contribution is -0.140. The van der Waals surface area contributed by atoms with Crippen LogP contribution in [0, 0.1) is 5.41 Å². The summed E-state index contributed by atoms with van der Waals surface area (Å²) in [6.07, 6.45) is -3.91. The maximum Gasteiger partial charge on any atom is 0.443 e. The number of carboxylic acids is 1. The molecule has 0 bridgehead atoms. The molecule has 0 radical (unpaired) electrons. The van der Waals surface area contributed by atoms with Gasteiger partial charge in [-0.25, -0.2) is 9.78 Å². The van der Waals surface area contributed by atoms with Crippen LogP contribution in [0.25, 0.3) is 0 Å². The van der Waals surface area contributed by atoms with E-state index in [-0.39, 0.29) is 11.8 Å². The fraction of sp³-hybridized carbons (Fsp3) is 0.615. The van der Waals surface area contributed by atoms with E-state index in [1.807, 2.05) is 20.8 Å². The molecule has 22 heavy (non-hydrogen) atoms. The summed E-state index contributed by atoms with van der Waals surface area (Å²) in [5.41, 5.74) is -0.554. The highest BCUT2D eigenvalue weighted by Gasteiger charge is 2.35. The summed E-state index contributed by atoms with van der Waals surface area (Å²) in [5, 5.41) is 11.1. The second-order valence-corrected chi connectivity index (χ2v) is 6.86. The number of carbonyl (C=O) groups is 2. The highest BCUT2D eigenvalue weighted by Crippen LogP contribution is 2.31. The van der Waals surface area contributed by atoms with E-state index in [1.165, 1.54) is 0 Å². The minimum Gasteiger partial charge on any atom is -0.480 e. The van der Waals surface area contributed by atoms with Crippen LogP contribution in [0.1, 0.15) is 49.1 Å². The number of hydrogen-bond acceptors (Lipinski definition) is 4. The van der Waals surface area contributed by atoms with E-state index in [0.29, 0.717) is 17.8 Å². The number of carbonyl (C=O) groups excluding carboxylic acids is 1. The monoisotopic (exact) mass is 338 g/mol. The molecule has 1 aromatic rings. The SMILES string of the molecule is CC(C)(C)CCC(NC(=O)c1csc(C(F)(F)F)n1)C(=O)O. The molecule has 0 saturated carbocycles. The normalized spacial score (nSPS) is 13.7. The second kappa shape index (κ2) is 6.64. The molecule has 0 aliphatic heterocycles. The first kappa shape index (κ1) is 18.4. The van der Waals surface area contributed by atoms with Gasteiger partial charge in [0, 0.05) is 5.38 Å². The zero-order chi connectivity index (χ0) is 17.1. The molecule has 0 saturated heterocycles. The van der Waals surface area contributed by atoms with Crippen LogP contribution >= 0.6 is 11.3 Å². The summed E-state index contributed by atoms with van der Waals surface area (Å²) in [6, 6.07) is -1.16. The quantitative estimate of drug-likeness (QED) is 0.864. The van der Waals surface area contributed by atoms with Crippen molar-refractivity contribution in [3.05, 3.63) is 16.1 Å². The van der Waals surface area contributed by atoms with E-state index in [1.54, 1.807) is 0 Å². The lowest BCUT2D eigenvalue weighted by Gasteiger charge is -2.21. The molecule has 0 spiro atoms. The van der Waals surface area contributed by atoms with Crippen molar-refractivity contribution in [1.29, 1.82) is 0 Å². The number of thiazole rings is 1. The maximum atomic E-state index is 12.4. The van der Waals surface area contributed by atoms with E-state index >= 15 is 0 Å². The second-order valence-electron chi connectivity index (χ2n) is 6.00. The molecule has 9 heteroatoms. The number of amides is 1. The fourth-order valence-electron chi connectivity index (χ4n) is 1.58. The summed E-state index contributed by atoms with van der Waals surface area (Å²) in [7, 11) is 0. The first-order valence-electron chi connectivity index (χ1n) is 6.46. The van der Waals surface area contributed by atoms with Crippen molar-refractivity contribution >= 4 is 23.2 Å². The van der Waals surface area contributed by atoms with Crippen LogP contribution in [-0.4, -0.2) is 28.0 Å². The van der Waals surface area contributed by atoms with Gasteiger partial charge in [-0.1, -0.05) is 20.8 Å². The molecular formula is C13H17F3N2O3S. The zero-order valence-corrected chi connectivity index (χ0v) is 13.1. The van der Waals surface area contributed by atoms with Crippen LogP contribution in [0.5, 0.6) is 0 Å². The molecule has 1 heterocycles. The molecule has 1 aromatic heterocycles. The molecule has 0 aliphatic carbocycles. The summed E-state index contributed by atoms with van der Waals surface area (Å²) >= 11 is 0.294. The summed E-state index contributed by atoms with van der Waals surface area (Å²) in [5.74, 6) is -2.16. The number of alkyl halides is 3. The number of aromatic nitrogens is 1. The molecular weight excluding hydrogens is 321 g/mol. The third kappa shape index (κ3) is 5.63. The molecule has 2 N–H and O–H groups in total. The lowest BCUT2D eigenvalue weighted by atomic mass is 9.88. The topological polar surface area (TPSA) is 79.3 Å². The number of carboxylic acid groups (broad SMARTS) is 1. The Hall–Kier alpha value is -1.64. The van der Waals surface area contributed by atoms with Gasteiger partial charge >= 0.3 is 12.1 Å². The number of nitrogens with one attached hydrogen (secondary N) is 1. The van der Waals surface area contributed by atoms with E-state index in [0.717, 1.165) is 5.38 Å².